The number of aliphatic hydroxyl groups excluding tert-OH is 1. The standard InChI is InChI=1S/C16H17BrN2O2/c1-10-8-12(4-7-14(10)17)16(21)19-9-15(20)11-2-5-13(18)6-3-11/h2-8,15,20H,9,18H2,1H3,(H,19,21). The van der Waals surface area contributed by atoms with Crippen molar-refractivity contribution in [2.24, 2.45) is 0 Å². The summed E-state index contributed by atoms with van der Waals surface area (Å²) in [6.45, 7) is 2.07. The van der Waals surface area contributed by atoms with Crippen molar-refractivity contribution >= 4 is 27.5 Å². The Hall–Kier alpha value is -1.85. The zero-order valence-electron chi connectivity index (χ0n) is 11.6. The van der Waals surface area contributed by atoms with Gasteiger partial charge in [-0.3, -0.25) is 4.79 Å². The maximum Gasteiger partial charge on any atom is 0.251 e. The van der Waals surface area contributed by atoms with Gasteiger partial charge in [0.1, 0.15) is 0 Å². The van der Waals surface area contributed by atoms with Crippen LogP contribution in [-0.4, -0.2) is 17.6 Å². The van der Waals surface area contributed by atoms with E-state index in [2.05, 4.69) is 21.2 Å². The van der Waals surface area contributed by atoms with Crippen molar-refractivity contribution in [3.63, 3.8) is 0 Å². The molecule has 5 heteroatoms. The van der Waals surface area contributed by atoms with Gasteiger partial charge in [0.25, 0.3) is 5.91 Å². The first-order valence-electron chi connectivity index (χ1n) is 6.55. The third kappa shape index (κ3) is 4.06. The summed E-state index contributed by atoms with van der Waals surface area (Å²) in [5.74, 6) is -0.208. The largest absolute Gasteiger partial charge is 0.399 e. The predicted molar refractivity (Wildman–Crippen MR) is 87.0 cm³/mol. The average molecular weight is 349 g/mol. The number of hydrogen-bond acceptors (Lipinski definition) is 3. The zero-order valence-corrected chi connectivity index (χ0v) is 13.2. The van der Waals surface area contributed by atoms with Crippen LogP contribution in [0.4, 0.5) is 5.69 Å². The molecule has 21 heavy (non-hydrogen) atoms. The number of rotatable bonds is 4. The SMILES string of the molecule is Cc1cc(C(=O)NCC(O)c2ccc(N)cc2)ccc1Br. The van der Waals surface area contributed by atoms with Crippen molar-refractivity contribution in [1.82, 2.24) is 5.32 Å². The lowest BCUT2D eigenvalue weighted by Gasteiger charge is -2.13. The number of amides is 1. The molecule has 2 aromatic carbocycles. The first kappa shape index (κ1) is 15.5. The van der Waals surface area contributed by atoms with E-state index < -0.39 is 6.10 Å². The molecule has 1 amide bonds. The molecule has 0 heterocycles. The molecule has 0 bridgehead atoms. The summed E-state index contributed by atoms with van der Waals surface area (Å²) in [5, 5.41) is 12.8. The van der Waals surface area contributed by atoms with E-state index in [0.717, 1.165) is 15.6 Å². The number of benzene rings is 2. The van der Waals surface area contributed by atoms with Gasteiger partial charge in [-0.05, 0) is 48.4 Å². The number of nitrogen functional groups attached to an aromatic ring is 1. The molecular weight excluding hydrogens is 332 g/mol. The second kappa shape index (κ2) is 6.74. The lowest BCUT2D eigenvalue weighted by Crippen LogP contribution is -2.28. The van der Waals surface area contributed by atoms with Gasteiger partial charge in [-0.2, -0.15) is 0 Å². The Labute approximate surface area is 132 Å². The Morgan fingerprint density at radius 3 is 2.57 bits per heavy atom. The van der Waals surface area contributed by atoms with E-state index in [4.69, 9.17) is 5.73 Å². The number of anilines is 1. The van der Waals surface area contributed by atoms with Gasteiger partial charge in [0.2, 0.25) is 0 Å². The number of hydrogen-bond donors (Lipinski definition) is 3. The second-order valence-corrected chi connectivity index (χ2v) is 5.71. The first-order valence-corrected chi connectivity index (χ1v) is 7.34. The highest BCUT2D eigenvalue weighted by Crippen LogP contribution is 2.17. The molecule has 0 saturated heterocycles. The summed E-state index contributed by atoms with van der Waals surface area (Å²) in [7, 11) is 0. The van der Waals surface area contributed by atoms with E-state index in [9.17, 15) is 9.90 Å². The first-order chi connectivity index (χ1) is 9.97. The van der Waals surface area contributed by atoms with Crippen molar-refractivity contribution in [2.45, 2.75) is 13.0 Å². The normalized spacial score (nSPS) is 12.0. The van der Waals surface area contributed by atoms with Gasteiger partial charge in [-0.25, -0.2) is 0 Å². The van der Waals surface area contributed by atoms with Crippen LogP contribution in [0.15, 0.2) is 46.9 Å². The van der Waals surface area contributed by atoms with Gasteiger partial charge in [0.05, 0.1) is 6.10 Å². The molecule has 0 aliphatic carbocycles. The molecule has 1 atom stereocenters. The number of aryl methyl sites for hydroxylation is 1. The molecule has 0 aliphatic rings. The van der Waals surface area contributed by atoms with Crippen molar-refractivity contribution < 1.29 is 9.90 Å². The maximum absolute atomic E-state index is 12.0. The topological polar surface area (TPSA) is 75.3 Å². The van der Waals surface area contributed by atoms with Crippen LogP contribution in [0.3, 0.4) is 0 Å². The van der Waals surface area contributed by atoms with Gasteiger partial charge in [-0.1, -0.05) is 28.1 Å². The molecule has 0 radical (unpaired) electrons. The average Bonchev–Trinajstić information content (AvgIpc) is 2.48. The summed E-state index contributed by atoms with van der Waals surface area (Å²) >= 11 is 3.40. The van der Waals surface area contributed by atoms with Crippen LogP contribution in [0, 0.1) is 6.92 Å². The van der Waals surface area contributed by atoms with E-state index in [-0.39, 0.29) is 12.5 Å². The zero-order chi connectivity index (χ0) is 15.4. The van der Waals surface area contributed by atoms with E-state index in [1.165, 1.54) is 0 Å². The monoisotopic (exact) mass is 348 g/mol. The van der Waals surface area contributed by atoms with Crippen molar-refractivity contribution in [1.29, 1.82) is 0 Å². The van der Waals surface area contributed by atoms with E-state index in [1.807, 2.05) is 13.0 Å². The van der Waals surface area contributed by atoms with Gasteiger partial charge >= 0.3 is 0 Å². The lowest BCUT2D eigenvalue weighted by atomic mass is 10.1. The molecular formula is C16H17BrN2O2. The Balaban J connectivity index is 1.97. The van der Waals surface area contributed by atoms with Crippen LogP contribution in [0.5, 0.6) is 0 Å². The minimum absolute atomic E-state index is 0.151. The third-order valence-corrected chi connectivity index (χ3v) is 4.09. The molecule has 2 rings (SSSR count). The van der Waals surface area contributed by atoms with E-state index >= 15 is 0 Å². The van der Waals surface area contributed by atoms with Crippen molar-refractivity contribution in [2.75, 3.05) is 12.3 Å². The van der Waals surface area contributed by atoms with Crippen LogP contribution in [0.2, 0.25) is 0 Å². The molecule has 0 saturated carbocycles. The fraction of sp³-hybridized carbons (Fsp3) is 0.188. The number of aliphatic hydroxyl groups is 1. The quantitative estimate of drug-likeness (QED) is 0.743. The fourth-order valence-electron chi connectivity index (χ4n) is 1.91. The molecule has 0 aliphatic heterocycles. The molecule has 110 valence electrons. The van der Waals surface area contributed by atoms with E-state index in [0.29, 0.717) is 11.3 Å². The van der Waals surface area contributed by atoms with Crippen LogP contribution in [-0.2, 0) is 0 Å². The lowest BCUT2D eigenvalue weighted by molar-refractivity contribution is 0.0916. The second-order valence-electron chi connectivity index (χ2n) is 4.86. The molecule has 0 aromatic heterocycles. The van der Waals surface area contributed by atoms with E-state index in [1.54, 1.807) is 36.4 Å². The smallest absolute Gasteiger partial charge is 0.251 e. The van der Waals surface area contributed by atoms with Crippen molar-refractivity contribution in [3.05, 3.63) is 63.6 Å². The summed E-state index contributed by atoms with van der Waals surface area (Å²) in [4.78, 5) is 12.0. The maximum atomic E-state index is 12.0. The van der Waals surface area contributed by atoms with Crippen LogP contribution < -0.4 is 11.1 Å². The molecule has 4 N–H and O–H groups in total. The Bertz CT molecular complexity index is 641. The van der Waals surface area contributed by atoms with Gasteiger partial charge < -0.3 is 16.2 Å². The third-order valence-electron chi connectivity index (χ3n) is 3.20. The molecule has 0 spiro atoms. The highest BCUT2D eigenvalue weighted by molar-refractivity contribution is 9.10. The minimum Gasteiger partial charge on any atom is -0.399 e. The number of nitrogens with two attached hydrogens (primary N) is 1. The van der Waals surface area contributed by atoms with Crippen LogP contribution in [0.1, 0.15) is 27.6 Å². The molecule has 0 fully saturated rings. The minimum atomic E-state index is -0.758. The van der Waals surface area contributed by atoms with Crippen molar-refractivity contribution in [3.8, 4) is 0 Å². The predicted octanol–water partition coefficient (Wildman–Crippen LogP) is 2.80. The molecule has 4 nitrogen and oxygen atoms in total. The van der Waals surface area contributed by atoms with Crippen LogP contribution in [0.25, 0.3) is 0 Å². The Kier molecular flexibility index (Phi) is 4.98. The molecule has 1 unspecified atom stereocenters. The number of halogens is 1. The fourth-order valence-corrected chi connectivity index (χ4v) is 2.16. The highest BCUT2D eigenvalue weighted by atomic mass is 79.9. The van der Waals surface area contributed by atoms with Gasteiger partial charge in [-0.15, -0.1) is 0 Å². The Morgan fingerprint density at radius 1 is 1.29 bits per heavy atom. The summed E-state index contributed by atoms with van der Waals surface area (Å²) in [6.07, 6.45) is -0.758. The summed E-state index contributed by atoms with van der Waals surface area (Å²) in [5.41, 5.74) is 8.51. The van der Waals surface area contributed by atoms with Crippen LogP contribution >= 0.6 is 15.9 Å². The summed E-state index contributed by atoms with van der Waals surface area (Å²) in [6, 6.07) is 12.3. The number of carbonyl (C=O) groups excluding carboxylic acids is 1. The summed E-state index contributed by atoms with van der Waals surface area (Å²) < 4.78 is 0.959. The Morgan fingerprint density at radius 2 is 1.95 bits per heavy atom. The number of nitrogens with one attached hydrogen (secondary N) is 1. The highest BCUT2D eigenvalue weighted by Gasteiger charge is 2.11. The molecule has 2 aromatic rings. The van der Waals surface area contributed by atoms with Gasteiger partial charge in [0, 0.05) is 22.3 Å². The number of carbonyl (C=O) groups is 1. The van der Waals surface area contributed by atoms with Gasteiger partial charge in [0.15, 0.2) is 0 Å².